The number of aromatic nitrogens is 1. The molecule has 0 fully saturated rings. The van der Waals surface area contributed by atoms with E-state index in [0.717, 1.165) is 11.8 Å². The Hall–Kier alpha value is -2.56. The number of esters is 1. The summed E-state index contributed by atoms with van der Waals surface area (Å²) in [5.74, 6) is -0.760. The number of amides is 1. The molecule has 11 heteroatoms. The van der Waals surface area contributed by atoms with Gasteiger partial charge >= 0.3 is 12.1 Å². The third kappa shape index (κ3) is 10.8. The van der Waals surface area contributed by atoms with Crippen LogP contribution < -0.4 is 5.73 Å². The fourth-order valence-corrected chi connectivity index (χ4v) is 3.09. The predicted octanol–water partition coefficient (Wildman–Crippen LogP) is 3.44. The highest BCUT2D eigenvalue weighted by Crippen LogP contribution is 2.22. The number of thioether (sulfide) groups is 1. The van der Waals surface area contributed by atoms with Gasteiger partial charge in [-0.3, -0.25) is 19.6 Å². The minimum absolute atomic E-state index is 0.000107. The molecule has 2 N–H and O–H groups in total. The zero-order chi connectivity index (χ0) is 22.6. The van der Waals surface area contributed by atoms with Gasteiger partial charge in [0.25, 0.3) is 0 Å². The fraction of sp³-hybridized carbons (Fsp3) is 0.474. The van der Waals surface area contributed by atoms with E-state index in [9.17, 15) is 22.8 Å². The molecule has 1 aromatic rings. The molecule has 0 radical (unpaired) electrons. The van der Waals surface area contributed by atoms with Gasteiger partial charge in [-0.1, -0.05) is 0 Å². The van der Waals surface area contributed by atoms with Crippen LogP contribution in [0.2, 0.25) is 0 Å². The molecule has 1 rings (SSSR count). The van der Waals surface area contributed by atoms with E-state index in [4.69, 9.17) is 10.5 Å². The van der Waals surface area contributed by atoms with Gasteiger partial charge in [0.1, 0.15) is 6.61 Å². The molecule has 0 unspecified atom stereocenters. The molecule has 0 aliphatic heterocycles. The molecule has 166 valence electrons. The first-order valence-corrected chi connectivity index (χ1v) is 10.2. The molecular formula is C19H25F3N4O3S. The van der Waals surface area contributed by atoms with Crippen LogP contribution in [-0.4, -0.2) is 58.8 Å². The zero-order valence-electron chi connectivity index (χ0n) is 16.8. The van der Waals surface area contributed by atoms with Crippen LogP contribution >= 0.6 is 11.8 Å². The first kappa shape index (κ1) is 25.5. The Labute approximate surface area is 177 Å². The Balaban J connectivity index is 2.84. The molecule has 0 aliphatic rings. The number of allylic oxidation sites excluding steroid dienone is 2. The number of halogens is 3. The summed E-state index contributed by atoms with van der Waals surface area (Å²) < 4.78 is 41.6. The second-order valence-corrected chi connectivity index (χ2v) is 7.38. The van der Waals surface area contributed by atoms with Crippen LogP contribution in [0.3, 0.4) is 0 Å². The van der Waals surface area contributed by atoms with E-state index >= 15 is 0 Å². The number of ether oxygens (including phenoxy) is 1. The van der Waals surface area contributed by atoms with Crippen LogP contribution in [0, 0.1) is 0 Å². The van der Waals surface area contributed by atoms with Gasteiger partial charge in [-0.25, -0.2) is 0 Å². The SMILES string of the molecule is CC(=O)OCCN(C(=O)CCSCCC(F)(F)F)/C(C=Nc1cccnc1)=C(\C)N. The number of carbonyl (C=O) groups excluding carboxylic acids is 2. The highest BCUT2D eigenvalue weighted by atomic mass is 32.2. The third-order valence-corrected chi connectivity index (χ3v) is 4.57. The Morgan fingerprint density at radius 2 is 2.07 bits per heavy atom. The molecule has 1 heterocycles. The quantitative estimate of drug-likeness (QED) is 0.318. The molecule has 30 heavy (non-hydrogen) atoms. The number of aliphatic imine (C=N–C) groups is 1. The van der Waals surface area contributed by atoms with E-state index in [1.165, 1.54) is 24.2 Å². The third-order valence-electron chi connectivity index (χ3n) is 3.59. The molecule has 1 aromatic heterocycles. The highest BCUT2D eigenvalue weighted by Gasteiger charge is 2.26. The van der Waals surface area contributed by atoms with Crippen LogP contribution in [0.1, 0.15) is 26.7 Å². The first-order chi connectivity index (χ1) is 14.1. The van der Waals surface area contributed by atoms with Gasteiger partial charge in [-0.15, -0.1) is 0 Å². The van der Waals surface area contributed by atoms with Crippen molar-refractivity contribution in [1.29, 1.82) is 0 Å². The average molecular weight is 446 g/mol. The maximum atomic E-state index is 12.7. The van der Waals surface area contributed by atoms with Crippen molar-refractivity contribution in [2.24, 2.45) is 10.7 Å². The van der Waals surface area contributed by atoms with Crippen molar-refractivity contribution in [3.8, 4) is 0 Å². The van der Waals surface area contributed by atoms with Gasteiger partial charge in [0, 0.05) is 36.7 Å². The van der Waals surface area contributed by atoms with Gasteiger partial charge in [-0.2, -0.15) is 24.9 Å². The summed E-state index contributed by atoms with van der Waals surface area (Å²) in [4.78, 5) is 33.3. The van der Waals surface area contributed by atoms with E-state index in [2.05, 4.69) is 9.98 Å². The molecule has 0 aliphatic carbocycles. The number of rotatable bonds is 11. The van der Waals surface area contributed by atoms with Gasteiger partial charge in [-0.05, 0) is 19.1 Å². The van der Waals surface area contributed by atoms with E-state index in [1.54, 1.807) is 25.3 Å². The van der Waals surface area contributed by atoms with E-state index in [1.807, 2.05) is 0 Å². The van der Waals surface area contributed by atoms with Gasteiger partial charge in [0.05, 0.1) is 36.8 Å². The second-order valence-electron chi connectivity index (χ2n) is 6.15. The lowest BCUT2D eigenvalue weighted by Gasteiger charge is -2.24. The highest BCUT2D eigenvalue weighted by molar-refractivity contribution is 7.99. The molecule has 0 bridgehead atoms. The van der Waals surface area contributed by atoms with Gasteiger partial charge < -0.3 is 15.4 Å². The van der Waals surface area contributed by atoms with Crippen molar-refractivity contribution in [2.45, 2.75) is 32.9 Å². The monoisotopic (exact) mass is 446 g/mol. The number of nitrogens with zero attached hydrogens (tertiary/aromatic N) is 3. The normalized spacial score (nSPS) is 12.6. The lowest BCUT2D eigenvalue weighted by atomic mass is 10.2. The number of carbonyl (C=O) groups is 2. The van der Waals surface area contributed by atoms with Crippen molar-refractivity contribution in [3.63, 3.8) is 0 Å². The zero-order valence-corrected chi connectivity index (χ0v) is 17.6. The largest absolute Gasteiger partial charge is 0.464 e. The molecule has 0 atom stereocenters. The molecule has 7 nitrogen and oxygen atoms in total. The summed E-state index contributed by atoms with van der Waals surface area (Å²) in [6.07, 6.45) is -0.595. The number of alkyl halides is 3. The molecule has 1 amide bonds. The maximum Gasteiger partial charge on any atom is 0.389 e. The lowest BCUT2D eigenvalue weighted by molar-refractivity contribution is -0.142. The Morgan fingerprint density at radius 3 is 2.63 bits per heavy atom. The predicted molar refractivity (Wildman–Crippen MR) is 110 cm³/mol. The maximum absolute atomic E-state index is 12.7. The number of nitrogens with two attached hydrogens (primary N) is 1. The fourth-order valence-electron chi connectivity index (χ4n) is 2.19. The van der Waals surface area contributed by atoms with E-state index < -0.39 is 18.6 Å². The Kier molecular flexibility index (Phi) is 10.9. The van der Waals surface area contributed by atoms with E-state index in [0.29, 0.717) is 17.1 Å². The smallest absolute Gasteiger partial charge is 0.389 e. The van der Waals surface area contributed by atoms with E-state index in [-0.39, 0.29) is 37.0 Å². The van der Waals surface area contributed by atoms with Gasteiger partial charge in [0.2, 0.25) is 5.91 Å². The first-order valence-electron chi connectivity index (χ1n) is 9.09. The summed E-state index contributed by atoms with van der Waals surface area (Å²) in [7, 11) is 0. The summed E-state index contributed by atoms with van der Waals surface area (Å²) in [6, 6.07) is 3.42. The number of pyridine rings is 1. The summed E-state index contributed by atoms with van der Waals surface area (Å²) in [5.41, 5.74) is 7.11. The van der Waals surface area contributed by atoms with Crippen LogP contribution in [0.4, 0.5) is 18.9 Å². The second kappa shape index (κ2) is 12.9. The lowest BCUT2D eigenvalue weighted by Crippen LogP contribution is -2.36. The van der Waals surface area contributed by atoms with Gasteiger partial charge in [0.15, 0.2) is 0 Å². The van der Waals surface area contributed by atoms with Crippen molar-refractivity contribution in [2.75, 3.05) is 24.7 Å². The topological polar surface area (TPSA) is 97.9 Å². The molecule has 0 saturated heterocycles. The summed E-state index contributed by atoms with van der Waals surface area (Å²) in [6.45, 7) is 2.82. The standard InChI is InChI=1S/C19H25F3N4O3S/c1-14(23)17(13-25-16-4-3-7-24-12-16)26(8-9-29-15(2)27)18(28)5-10-30-11-6-19(20,21)22/h3-4,7,12-13H,5-6,8-11,23H2,1-2H3/b17-14+,25-13?. The molecule has 0 spiro atoms. The van der Waals surface area contributed by atoms with Crippen LogP contribution in [-0.2, 0) is 14.3 Å². The number of hydrogen-bond acceptors (Lipinski definition) is 7. The molecular weight excluding hydrogens is 421 g/mol. The van der Waals surface area contributed by atoms with Crippen LogP contribution in [0.15, 0.2) is 40.9 Å². The van der Waals surface area contributed by atoms with Crippen LogP contribution in [0.25, 0.3) is 0 Å². The van der Waals surface area contributed by atoms with Crippen molar-refractivity contribution in [1.82, 2.24) is 9.88 Å². The minimum Gasteiger partial charge on any atom is -0.464 e. The van der Waals surface area contributed by atoms with Crippen molar-refractivity contribution in [3.05, 3.63) is 35.9 Å². The van der Waals surface area contributed by atoms with Crippen molar-refractivity contribution < 1.29 is 27.5 Å². The molecule has 0 aromatic carbocycles. The van der Waals surface area contributed by atoms with Crippen molar-refractivity contribution >= 4 is 35.5 Å². The van der Waals surface area contributed by atoms with Crippen LogP contribution in [0.5, 0.6) is 0 Å². The Bertz CT molecular complexity index is 751. The minimum atomic E-state index is -4.22. The molecule has 0 saturated carbocycles. The summed E-state index contributed by atoms with van der Waals surface area (Å²) >= 11 is 1.04. The Morgan fingerprint density at radius 1 is 1.33 bits per heavy atom. The average Bonchev–Trinajstić information content (AvgIpc) is 2.65. The summed E-state index contributed by atoms with van der Waals surface area (Å²) in [5, 5.41) is 0. The number of hydrogen-bond donors (Lipinski definition) is 1.